The molecule has 2 rings (SSSR count). The molecule has 1 saturated heterocycles. The maximum absolute atomic E-state index is 11.4. The molecule has 0 aromatic heterocycles. The van der Waals surface area contributed by atoms with E-state index < -0.39 is 5.60 Å². The van der Waals surface area contributed by atoms with Crippen molar-refractivity contribution in [2.75, 3.05) is 11.5 Å². The second-order valence-corrected chi connectivity index (χ2v) is 5.97. The summed E-state index contributed by atoms with van der Waals surface area (Å²) in [6.45, 7) is 3.44. The van der Waals surface area contributed by atoms with Crippen molar-refractivity contribution in [3.05, 3.63) is 48.6 Å². The van der Waals surface area contributed by atoms with Crippen molar-refractivity contribution < 1.29 is 9.53 Å². The minimum Gasteiger partial charge on any atom is -0.449 e. The van der Waals surface area contributed by atoms with Crippen LogP contribution in [0, 0.1) is 0 Å². The molecule has 0 radical (unpaired) electrons. The lowest BCUT2D eigenvalue weighted by atomic mass is 9.97. The van der Waals surface area contributed by atoms with E-state index in [-0.39, 0.29) is 5.97 Å². The van der Waals surface area contributed by atoms with Gasteiger partial charge >= 0.3 is 5.97 Å². The van der Waals surface area contributed by atoms with Crippen LogP contribution in [0.25, 0.3) is 0 Å². The normalized spacial score (nSPS) is 18.0. The van der Waals surface area contributed by atoms with Gasteiger partial charge in [0, 0.05) is 17.6 Å². The lowest BCUT2D eigenvalue weighted by Gasteiger charge is -2.27. The van der Waals surface area contributed by atoms with Crippen molar-refractivity contribution in [2.24, 2.45) is 0 Å². The fourth-order valence-electron chi connectivity index (χ4n) is 1.58. The van der Waals surface area contributed by atoms with Gasteiger partial charge in [-0.1, -0.05) is 58.5 Å². The second-order valence-electron chi connectivity index (χ2n) is 3.51. The van der Waals surface area contributed by atoms with Crippen LogP contribution < -0.4 is 0 Å². The van der Waals surface area contributed by atoms with Crippen LogP contribution in [0.15, 0.2) is 43.0 Å². The first-order valence-corrected chi connectivity index (χ1v) is 7.41. The third-order valence-electron chi connectivity index (χ3n) is 2.43. The van der Waals surface area contributed by atoms with E-state index in [1.54, 1.807) is 21.6 Å². The highest BCUT2D eigenvalue weighted by Gasteiger charge is 2.40. The zero-order valence-corrected chi connectivity index (χ0v) is 10.4. The van der Waals surface area contributed by atoms with Gasteiger partial charge in [-0.2, -0.15) is 0 Å². The van der Waals surface area contributed by atoms with Crippen LogP contribution in [-0.4, -0.2) is 17.5 Å². The number of hydrogen-bond donors (Lipinski definition) is 0. The molecule has 1 fully saturated rings. The zero-order valence-electron chi connectivity index (χ0n) is 8.72. The molecule has 1 aromatic rings. The van der Waals surface area contributed by atoms with Gasteiger partial charge in [0.2, 0.25) is 0 Å². The van der Waals surface area contributed by atoms with Crippen molar-refractivity contribution >= 4 is 27.6 Å². The van der Waals surface area contributed by atoms with E-state index in [0.29, 0.717) is 0 Å². The van der Waals surface area contributed by atoms with Gasteiger partial charge in [0.15, 0.2) is 5.60 Å². The van der Waals surface area contributed by atoms with E-state index in [0.717, 1.165) is 17.1 Å². The van der Waals surface area contributed by atoms with Gasteiger partial charge in [-0.05, 0) is 5.56 Å². The van der Waals surface area contributed by atoms with Crippen LogP contribution in [0.4, 0.5) is 0 Å². The van der Waals surface area contributed by atoms with E-state index in [9.17, 15) is 4.79 Å². The molecule has 4 heteroatoms. The second kappa shape index (κ2) is 4.97. The molecule has 84 valence electrons. The zero-order chi connectivity index (χ0) is 11.4. The standard InChI is InChI=1S/C12H12O2S2/c1-2-11(13)14-12(8-15-16-9-12)10-6-4-3-5-7-10/h2-7H,1,8-9H2. The fraction of sp³-hybridized carbons (Fsp3) is 0.250. The van der Waals surface area contributed by atoms with Crippen molar-refractivity contribution in [2.45, 2.75) is 5.60 Å². The first-order chi connectivity index (χ1) is 7.77. The number of esters is 1. The minimum absolute atomic E-state index is 0.355. The molecular weight excluding hydrogens is 240 g/mol. The number of carbonyl (C=O) groups excluding carboxylic acids is 1. The molecule has 1 aromatic carbocycles. The van der Waals surface area contributed by atoms with E-state index in [4.69, 9.17) is 4.74 Å². The summed E-state index contributed by atoms with van der Waals surface area (Å²) in [6, 6.07) is 9.90. The molecule has 1 heterocycles. The van der Waals surface area contributed by atoms with Gasteiger partial charge < -0.3 is 4.74 Å². The highest BCUT2D eigenvalue weighted by molar-refractivity contribution is 8.77. The Balaban J connectivity index is 2.29. The average Bonchev–Trinajstić information content (AvgIpc) is 2.80. The van der Waals surface area contributed by atoms with Crippen LogP contribution in [0.2, 0.25) is 0 Å². The highest BCUT2D eigenvalue weighted by atomic mass is 33.1. The van der Waals surface area contributed by atoms with E-state index >= 15 is 0 Å². The number of rotatable bonds is 3. The topological polar surface area (TPSA) is 26.3 Å². The van der Waals surface area contributed by atoms with Gasteiger partial charge in [0.25, 0.3) is 0 Å². The minimum atomic E-state index is -0.484. The molecule has 0 atom stereocenters. The molecule has 0 N–H and O–H groups in total. The van der Waals surface area contributed by atoms with Crippen molar-refractivity contribution in [1.29, 1.82) is 0 Å². The number of carbonyl (C=O) groups is 1. The van der Waals surface area contributed by atoms with E-state index in [1.165, 1.54) is 6.08 Å². The Morgan fingerprint density at radius 2 is 1.94 bits per heavy atom. The lowest BCUT2D eigenvalue weighted by molar-refractivity contribution is -0.149. The molecule has 0 unspecified atom stereocenters. The molecule has 1 aliphatic rings. The molecule has 1 aliphatic heterocycles. The van der Waals surface area contributed by atoms with Crippen molar-refractivity contribution in [3.63, 3.8) is 0 Å². The SMILES string of the molecule is C=CC(=O)OC1(c2ccccc2)CSSC1. The Kier molecular flexibility index (Phi) is 3.61. The predicted molar refractivity (Wildman–Crippen MR) is 69.3 cm³/mol. The monoisotopic (exact) mass is 252 g/mol. The summed E-state index contributed by atoms with van der Waals surface area (Å²) in [5.74, 6) is 1.23. The van der Waals surface area contributed by atoms with Crippen LogP contribution in [0.1, 0.15) is 5.56 Å². The number of benzene rings is 1. The summed E-state index contributed by atoms with van der Waals surface area (Å²) in [5, 5.41) is 0. The number of ether oxygens (including phenoxy) is 1. The first-order valence-electron chi connectivity index (χ1n) is 4.92. The molecular formula is C12H12O2S2. The van der Waals surface area contributed by atoms with Crippen LogP contribution >= 0.6 is 21.6 Å². The summed E-state index contributed by atoms with van der Waals surface area (Å²) >= 11 is 0. The van der Waals surface area contributed by atoms with Crippen molar-refractivity contribution in [3.8, 4) is 0 Å². The molecule has 0 bridgehead atoms. The summed E-state index contributed by atoms with van der Waals surface area (Å²) in [5.41, 5.74) is 0.574. The number of hydrogen-bond acceptors (Lipinski definition) is 4. The summed E-state index contributed by atoms with van der Waals surface area (Å²) < 4.78 is 5.54. The van der Waals surface area contributed by atoms with Crippen LogP contribution in [0.3, 0.4) is 0 Å². The van der Waals surface area contributed by atoms with E-state index in [1.807, 2.05) is 30.3 Å². The van der Waals surface area contributed by atoms with Crippen LogP contribution in [-0.2, 0) is 15.1 Å². The predicted octanol–water partition coefficient (Wildman–Crippen LogP) is 3.01. The lowest BCUT2D eigenvalue weighted by Crippen LogP contribution is -2.34. The van der Waals surface area contributed by atoms with E-state index in [2.05, 4.69) is 6.58 Å². The largest absolute Gasteiger partial charge is 0.449 e. The van der Waals surface area contributed by atoms with Gasteiger partial charge in [-0.15, -0.1) is 0 Å². The smallest absolute Gasteiger partial charge is 0.331 e. The Labute approximate surface area is 103 Å². The maximum atomic E-state index is 11.4. The Morgan fingerprint density at radius 1 is 1.31 bits per heavy atom. The maximum Gasteiger partial charge on any atom is 0.331 e. The Hall–Kier alpha value is -0.870. The molecule has 0 amide bonds. The Bertz CT molecular complexity index is 383. The summed E-state index contributed by atoms with van der Waals surface area (Å²) in [4.78, 5) is 11.4. The molecule has 16 heavy (non-hydrogen) atoms. The molecule has 0 saturated carbocycles. The van der Waals surface area contributed by atoms with Gasteiger partial charge in [-0.25, -0.2) is 4.79 Å². The highest BCUT2D eigenvalue weighted by Crippen LogP contribution is 2.45. The van der Waals surface area contributed by atoms with Gasteiger partial charge in [-0.3, -0.25) is 0 Å². The van der Waals surface area contributed by atoms with Gasteiger partial charge in [0.1, 0.15) is 0 Å². The third kappa shape index (κ3) is 2.28. The Morgan fingerprint density at radius 3 is 2.50 bits per heavy atom. The first kappa shape index (κ1) is 11.6. The van der Waals surface area contributed by atoms with Gasteiger partial charge in [0.05, 0.1) is 0 Å². The quantitative estimate of drug-likeness (QED) is 0.469. The average molecular weight is 252 g/mol. The molecule has 0 aliphatic carbocycles. The van der Waals surface area contributed by atoms with Crippen molar-refractivity contribution in [1.82, 2.24) is 0 Å². The fourth-order valence-corrected chi connectivity index (χ4v) is 4.55. The summed E-state index contributed by atoms with van der Waals surface area (Å²) in [6.07, 6.45) is 1.22. The summed E-state index contributed by atoms with van der Waals surface area (Å²) in [7, 11) is 3.47. The van der Waals surface area contributed by atoms with Crippen LogP contribution in [0.5, 0.6) is 0 Å². The molecule has 2 nitrogen and oxygen atoms in total. The molecule has 0 spiro atoms. The third-order valence-corrected chi connectivity index (χ3v) is 4.97.